The van der Waals surface area contributed by atoms with Gasteiger partial charge in [0.1, 0.15) is 10.0 Å². The highest BCUT2D eigenvalue weighted by Gasteiger charge is 2.27. The zero-order valence-electron chi connectivity index (χ0n) is 9.52. The molecule has 0 saturated carbocycles. The third kappa shape index (κ3) is 1.65. The molecule has 92 valence electrons. The summed E-state index contributed by atoms with van der Waals surface area (Å²) in [5, 5.41) is 0.473. The molecule has 6 heteroatoms. The lowest BCUT2D eigenvalue weighted by atomic mass is 10.1. The second kappa shape index (κ2) is 4.24. The van der Waals surface area contributed by atoms with Gasteiger partial charge in [-0.15, -0.1) is 0 Å². The monoisotopic (exact) mass is 373 g/mol. The number of hydrogen-bond donors (Lipinski definition) is 0. The zero-order chi connectivity index (χ0) is 12.9. The van der Waals surface area contributed by atoms with Gasteiger partial charge in [-0.3, -0.25) is 9.36 Å². The van der Waals surface area contributed by atoms with Gasteiger partial charge in [0.15, 0.2) is 0 Å². The van der Waals surface area contributed by atoms with E-state index in [1.165, 1.54) is 0 Å². The summed E-state index contributed by atoms with van der Waals surface area (Å²) < 4.78 is 2.84. The Balaban J connectivity index is 2.37. The van der Waals surface area contributed by atoms with E-state index in [0.29, 0.717) is 17.1 Å². The number of hydrogen-bond acceptors (Lipinski definition) is 2. The Bertz CT molecular complexity index is 653. The minimum atomic E-state index is -0.0601. The molecule has 0 aliphatic carbocycles. The second-order valence-corrected chi connectivity index (χ2v) is 5.58. The van der Waals surface area contributed by atoms with Crippen molar-refractivity contribution in [2.45, 2.75) is 6.54 Å². The van der Waals surface area contributed by atoms with Crippen molar-refractivity contribution in [1.82, 2.24) is 14.5 Å². The number of halogens is 2. The van der Waals surface area contributed by atoms with E-state index in [9.17, 15) is 4.79 Å². The van der Waals surface area contributed by atoms with Crippen LogP contribution in [0.4, 0.5) is 0 Å². The van der Waals surface area contributed by atoms with Crippen LogP contribution in [0.2, 0.25) is 5.02 Å². The number of carbonyl (C=O) groups is 1. The average Bonchev–Trinajstić information content (AvgIpc) is 2.64. The van der Waals surface area contributed by atoms with Crippen molar-refractivity contribution >= 4 is 40.1 Å². The van der Waals surface area contributed by atoms with Crippen molar-refractivity contribution in [3.63, 3.8) is 0 Å². The molecule has 1 aliphatic heterocycles. The first-order valence-electron chi connectivity index (χ1n) is 5.35. The van der Waals surface area contributed by atoms with Crippen molar-refractivity contribution in [1.29, 1.82) is 0 Å². The number of rotatable bonds is 0. The molecule has 0 radical (unpaired) electrons. The number of amides is 1. The lowest BCUT2D eigenvalue weighted by Crippen LogP contribution is -2.25. The maximum absolute atomic E-state index is 12.3. The smallest absolute Gasteiger partial charge is 0.257 e. The van der Waals surface area contributed by atoms with Crippen LogP contribution in [0, 0.1) is 3.70 Å². The van der Waals surface area contributed by atoms with Gasteiger partial charge in [-0.2, -0.15) is 0 Å². The molecule has 1 aliphatic rings. The van der Waals surface area contributed by atoms with E-state index in [4.69, 9.17) is 11.6 Å². The van der Waals surface area contributed by atoms with Gasteiger partial charge < -0.3 is 4.90 Å². The van der Waals surface area contributed by atoms with E-state index in [1.807, 2.05) is 16.7 Å². The maximum Gasteiger partial charge on any atom is 0.257 e. The third-order valence-electron chi connectivity index (χ3n) is 3.01. The fourth-order valence-electron chi connectivity index (χ4n) is 2.11. The Morgan fingerprint density at radius 3 is 3.00 bits per heavy atom. The van der Waals surface area contributed by atoms with Gasteiger partial charge in [0.05, 0.1) is 28.5 Å². The predicted octanol–water partition coefficient (Wildman–Crippen LogP) is 2.72. The number of fused-ring (bicyclic) bond motifs is 3. The molecule has 0 atom stereocenters. The molecule has 0 fully saturated rings. The van der Waals surface area contributed by atoms with Crippen molar-refractivity contribution in [2.24, 2.45) is 0 Å². The molecular formula is C12H9ClIN3O. The van der Waals surface area contributed by atoms with Crippen molar-refractivity contribution in [3.8, 4) is 5.69 Å². The molecule has 18 heavy (non-hydrogen) atoms. The van der Waals surface area contributed by atoms with E-state index < -0.39 is 0 Å². The quantitative estimate of drug-likeness (QED) is 0.666. The van der Waals surface area contributed by atoms with Crippen molar-refractivity contribution in [2.75, 3.05) is 7.05 Å². The SMILES string of the molecule is CN1Cc2c(I)ncn2-c2cccc(Cl)c2C1=O. The molecule has 2 aromatic rings. The molecule has 0 unspecified atom stereocenters. The van der Waals surface area contributed by atoms with E-state index in [-0.39, 0.29) is 5.91 Å². The molecule has 0 spiro atoms. The van der Waals surface area contributed by atoms with E-state index in [1.54, 1.807) is 24.3 Å². The van der Waals surface area contributed by atoms with Crippen LogP contribution in [0.15, 0.2) is 24.5 Å². The summed E-state index contributed by atoms with van der Waals surface area (Å²) in [7, 11) is 1.77. The molecule has 1 aromatic carbocycles. The summed E-state index contributed by atoms with van der Waals surface area (Å²) in [5.74, 6) is -0.0601. The number of nitrogens with zero attached hydrogens (tertiary/aromatic N) is 3. The van der Waals surface area contributed by atoms with Crippen molar-refractivity contribution in [3.05, 3.63) is 44.5 Å². The molecule has 1 aromatic heterocycles. The Hall–Kier alpha value is -1.08. The van der Waals surface area contributed by atoms with Gasteiger partial charge in [-0.25, -0.2) is 4.98 Å². The van der Waals surface area contributed by atoms with Gasteiger partial charge in [-0.05, 0) is 34.7 Å². The van der Waals surface area contributed by atoms with Gasteiger partial charge in [0.2, 0.25) is 0 Å². The average molecular weight is 374 g/mol. The summed E-state index contributed by atoms with van der Waals surface area (Å²) in [4.78, 5) is 18.3. The van der Waals surface area contributed by atoms with Crippen LogP contribution in [-0.2, 0) is 6.54 Å². The summed E-state index contributed by atoms with van der Waals surface area (Å²) in [6.45, 7) is 0.530. The van der Waals surface area contributed by atoms with Crippen LogP contribution < -0.4 is 0 Å². The molecule has 0 saturated heterocycles. The lowest BCUT2D eigenvalue weighted by molar-refractivity contribution is 0.0788. The van der Waals surface area contributed by atoms with Crippen LogP contribution in [-0.4, -0.2) is 27.4 Å². The predicted molar refractivity (Wildman–Crippen MR) is 77.1 cm³/mol. The van der Waals surface area contributed by atoms with E-state index >= 15 is 0 Å². The van der Waals surface area contributed by atoms with E-state index in [2.05, 4.69) is 27.6 Å². The topological polar surface area (TPSA) is 38.1 Å². The lowest BCUT2D eigenvalue weighted by Gasteiger charge is -2.14. The highest BCUT2D eigenvalue weighted by atomic mass is 127. The summed E-state index contributed by atoms with van der Waals surface area (Å²) in [6.07, 6.45) is 1.73. The molecule has 0 N–H and O–H groups in total. The minimum Gasteiger partial charge on any atom is -0.336 e. The first kappa shape index (κ1) is 12.0. The van der Waals surface area contributed by atoms with Crippen molar-refractivity contribution < 1.29 is 4.79 Å². The van der Waals surface area contributed by atoms with Crippen LogP contribution in [0.1, 0.15) is 16.1 Å². The Labute approximate surface area is 123 Å². The second-order valence-electron chi connectivity index (χ2n) is 4.15. The van der Waals surface area contributed by atoms with Crippen LogP contribution in [0.25, 0.3) is 5.69 Å². The maximum atomic E-state index is 12.3. The summed E-state index contributed by atoms with van der Waals surface area (Å²) in [6, 6.07) is 5.47. The number of carbonyl (C=O) groups excluding carboxylic acids is 1. The van der Waals surface area contributed by atoms with Gasteiger partial charge >= 0.3 is 0 Å². The molecule has 3 rings (SSSR count). The Morgan fingerprint density at radius 2 is 2.22 bits per heavy atom. The normalized spacial score (nSPS) is 14.2. The molecular weight excluding hydrogens is 365 g/mol. The van der Waals surface area contributed by atoms with E-state index in [0.717, 1.165) is 15.1 Å². The van der Waals surface area contributed by atoms with Crippen LogP contribution >= 0.6 is 34.2 Å². The molecule has 4 nitrogen and oxygen atoms in total. The van der Waals surface area contributed by atoms with Gasteiger partial charge in [0.25, 0.3) is 5.91 Å². The summed E-state index contributed by atoms with van der Waals surface area (Å²) in [5.41, 5.74) is 2.34. The first-order valence-corrected chi connectivity index (χ1v) is 6.81. The standard InChI is InChI=1S/C12H9ClIN3O/c1-16-5-9-11(14)15-6-17(9)8-4-2-3-7(13)10(8)12(16)18/h2-4,6H,5H2,1H3. The van der Waals surface area contributed by atoms with Gasteiger partial charge in [-0.1, -0.05) is 17.7 Å². The molecule has 0 bridgehead atoms. The minimum absolute atomic E-state index is 0.0601. The van der Waals surface area contributed by atoms with Crippen LogP contribution in [0.3, 0.4) is 0 Å². The number of imidazole rings is 1. The summed E-state index contributed by atoms with van der Waals surface area (Å²) >= 11 is 8.34. The molecule has 2 heterocycles. The zero-order valence-corrected chi connectivity index (χ0v) is 12.4. The number of aromatic nitrogens is 2. The highest BCUT2D eigenvalue weighted by molar-refractivity contribution is 14.1. The first-order chi connectivity index (χ1) is 8.59. The largest absolute Gasteiger partial charge is 0.336 e. The molecule has 1 amide bonds. The van der Waals surface area contributed by atoms with Gasteiger partial charge in [0, 0.05) is 7.05 Å². The fourth-order valence-corrected chi connectivity index (χ4v) is 2.92. The Morgan fingerprint density at radius 1 is 1.44 bits per heavy atom. The highest BCUT2D eigenvalue weighted by Crippen LogP contribution is 2.30. The van der Waals surface area contributed by atoms with Crippen LogP contribution in [0.5, 0.6) is 0 Å². The third-order valence-corrected chi connectivity index (χ3v) is 4.23. The Kier molecular flexibility index (Phi) is 2.82. The fraction of sp³-hybridized carbons (Fsp3) is 0.167. The number of benzene rings is 1.